The molecule has 1 atom stereocenters. The van der Waals surface area contributed by atoms with E-state index in [1.807, 2.05) is 6.07 Å². The van der Waals surface area contributed by atoms with E-state index in [2.05, 4.69) is 11.8 Å². The van der Waals surface area contributed by atoms with Crippen molar-refractivity contribution < 1.29 is 9.15 Å². The van der Waals surface area contributed by atoms with Gasteiger partial charge in [-0.05, 0) is 13.0 Å². The first-order valence-corrected chi connectivity index (χ1v) is 5.37. The van der Waals surface area contributed by atoms with E-state index in [4.69, 9.17) is 14.9 Å². The summed E-state index contributed by atoms with van der Waals surface area (Å²) in [4.78, 5) is 2.36. The third-order valence-electron chi connectivity index (χ3n) is 2.81. The molecule has 0 amide bonds. The molecule has 1 aromatic heterocycles. The van der Waals surface area contributed by atoms with E-state index in [1.165, 1.54) is 0 Å². The molecule has 15 heavy (non-hydrogen) atoms. The van der Waals surface area contributed by atoms with Crippen molar-refractivity contribution >= 4 is 0 Å². The maximum absolute atomic E-state index is 5.53. The van der Waals surface area contributed by atoms with Crippen LogP contribution in [0.3, 0.4) is 0 Å². The van der Waals surface area contributed by atoms with E-state index in [0.717, 1.165) is 37.6 Å². The fourth-order valence-corrected chi connectivity index (χ4v) is 1.81. The average Bonchev–Trinajstić information content (AvgIpc) is 2.69. The van der Waals surface area contributed by atoms with Gasteiger partial charge in [0.2, 0.25) is 0 Å². The second-order valence-electron chi connectivity index (χ2n) is 4.02. The number of ether oxygens (including phenoxy) is 1. The Morgan fingerprint density at radius 3 is 3.13 bits per heavy atom. The first kappa shape index (κ1) is 10.7. The number of rotatable bonds is 3. The van der Waals surface area contributed by atoms with E-state index in [0.29, 0.717) is 12.6 Å². The van der Waals surface area contributed by atoms with Gasteiger partial charge < -0.3 is 14.9 Å². The number of nitrogens with two attached hydrogens (primary N) is 1. The summed E-state index contributed by atoms with van der Waals surface area (Å²) in [5.74, 6) is 0.990. The maximum Gasteiger partial charge on any atom is 0.118 e. The van der Waals surface area contributed by atoms with E-state index in [1.54, 1.807) is 6.26 Å². The SMILES string of the molecule is CC1COCCN1Cc1cc(CN)co1. The highest BCUT2D eigenvalue weighted by Gasteiger charge is 2.19. The molecule has 2 heterocycles. The summed E-state index contributed by atoms with van der Waals surface area (Å²) >= 11 is 0. The molecule has 0 spiro atoms. The van der Waals surface area contributed by atoms with Crippen LogP contribution in [0, 0.1) is 0 Å². The van der Waals surface area contributed by atoms with Gasteiger partial charge in [-0.1, -0.05) is 0 Å². The number of furan rings is 1. The topological polar surface area (TPSA) is 51.6 Å². The van der Waals surface area contributed by atoms with Gasteiger partial charge in [0, 0.05) is 24.7 Å². The standard InChI is InChI=1S/C11H18N2O2/c1-9-7-14-3-2-13(9)6-11-4-10(5-12)8-15-11/h4,8-9H,2-3,5-7,12H2,1H3. The minimum atomic E-state index is 0.463. The Bertz CT molecular complexity index is 311. The number of hydrogen-bond donors (Lipinski definition) is 1. The molecule has 0 bridgehead atoms. The van der Waals surface area contributed by atoms with E-state index < -0.39 is 0 Å². The third-order valence-corrected chi connectivity index (χ3v) is 2.81. The molecule has 84 valence electrons. The monoisotopic (exact) mass is 210 g/mol. The molecular formula is C11H18N2O2. The lowest BCUT2D eigenvalue weighted by atomic mass is 10.2. The van der Waals surface area contributed by atoms with Gasteiger partial charge in [-0.15, -0.1) is 0 Å². The number of nitrogens with zero attached hydrogens (tertiary/aromatic N) is 1. The first-order chi connectivity index (χ1) is 7.29. The molecule has 4 nitrogen and oxygen atoms in total. The van der Waals surface area contributed by atoms with Crippen molar-refractivity contribution in [2.45, 2.75) is 26.1 Å². The van der Waals surface area contributed by atoms with Crippen LogP contribution in [0.2, 0.25) is 0 Å². The fourth-order valence-electron chi connectivity index (χ4n) is 1.81. The molecule has 0 aliphatic carbocycles. The maximum atomic E-state index is 5.53. The van der Waals surface area contributed by atoms with Gasteiger partial charge in [0.15, 0.2) is 0 Å². The molecule has 0 radical (unpaired) electrons. The van der Waals surface area contributed by atoms with Crippen LogP contribution in [0.25, 0.3) is 0 Å². The number of hydrogen-bond acceptors (Lipinski definition) is 4. The van der Waals surface area contributed by atoms with Crippen LogP contribution in [-0.2, 0) is 17.8 Å². The Kier molecular flexibility index (Phi) is 3.41. The van der Waals surface area contributed by atoms with Crippen LogP contribution in [0.15, 0.2) is 16.7 Å². The zero-order valence-electron chi connectivity index (χ0n) is 9.11. The molecule has 1 fully saturated rings. The lowest BCUT2D eigenvalue weighted by Crippen LogP contribution is -2.42. The highest BCUT2D eigenvalue weighted by atomic mass is 16.5. The summed E-state index contributed by atoms with van der Waals surface area (Å²) in [5.41, 5.74) is 6.59. The zero-order valence-corrected chi connectivity index (χ0v) is 9.11. The second kappa shape index (κ2) is 4.79. The van der Waals surface area contributed by atoms with Crippen LogP contribution in [0.5, 0.6) is 0 Å². The predicted octanol–water partition coefficient (Wildman–Crippen LogP) is 0.959. The summed E-state index contributed by atoms with van der Waals surface area (Å²) in [6, 6.07) is 2.49. The largest absolute Gasteiger partial charge is 0.468 e. The molecule has 2 rings (SSSR count). The van der Waals surface area contributed by atoms with Crippen molar-refractivity contribution in [3.8, 4) is 0 Å². The molecule has 1 aliphatic rings. The second-order valence-corrected chi connectivity index (χ2v) is 4.02. The minimum absolute atomic E-state index is 0.463. The van der Waals surface area contributed by atoms with Crippen LogP contribution in [-0.4, -0.2) is 30.7 Å². The lowest BCUT2D eigenvalue weighted by Gasteiger charge is -2.32. The first-order valence-electron chi connectivity index (χ1n) is 5.37. The van der Waals surface area contributed by atoms with Gasteiger partial charge in [0.25, 0.3) is 0 Å². The fraction of sp³-hybridized carbons (Fsp3) is 0.636. The van der Waals surface area contributed by atoms with Crippen molar-refractivity contribution in [3.05, 3.63) is 23.7 Å². The predicted molar refractivity (Wildman–Crippen MR) is 57.3 cm³/mol. The third kappa shape index (κ3) is 2.59. The van der Waals surface area contributed by atoms with E-state index in [9.17, 15) is 0 Å². The Labute approximate surface area is 90.0 Å². The molecule has 0 saturated carbocycles. The Morgan fingerprint density at radius 1 is 1.60 bits per heavy atom. The van der Waals surface area contributed by atoms with Crippen molar-refractivity contribution in [3.63, 3.8) is 0 Å². The highest BCUT2D eigenvalue weighted by molar-refractivity contribution is 5.12. The molecule has 2 N–H and O–H groups in total. The highest BCUT2D eigenvalue weighted by Crippen LogP contribution is 2.14. The summed E-state index contributed by atoms with van der Waals surface area (Å²) in [5, 5.41) is 0. The van der Waals surface area contributed by atoms with Crippen molar-refractivity contribution in [2.75, 3.05) is 19.8 Å². The Balaban J connectivity index is 1.95. The molecule has 1 saturated heterocycles. The molecule has 4 heteroatoms. The van der Waals surface area contributed by atoms with E-state index >= 15 is 0 Å². The van der Waals surface area contributed by atoms with Crippen molar-refractivity contribution in [1.82, 2.24) is 4.90 Å². The van der Waals surface area contributed by atoms with Crippen molar-refractivity contribution in [2.24, 2.45) is 5.73 Å². The molecule has 0 aromatic carbocycles. The molecule has 1 aromatic rings. The summed E-state index contributed by atoms with van der Waals surface area (Å²) in [7, 11) is 0. The number of morpholine rings is 1. The normalized spacial score (nSPS) is 23.2. The molecular weight excluding hydrogens is 192 g/mol. The van der Waals surface area contributed by atoms with Crippen LogP contribution >= 0.6 is 0 Å². The van der Waals surface area contributed by atoms with Gasteiger partial charge in [-0.3, -0.25) is 4.90 Å². The van der Waals surface area contributed by atoms with Crippen LogP contribution < -0.4 is 5.73 Å². The van der Waals surface area contributed by atoms with Crippen molar-refractivity contribution in [1.29, 1.82) is 0 Å². The molecule has 1 unspecified atom stereocenters. The van der Waals surface area contributed by atoms with Gasteiger partial charge >= 0.3 is 0 Å². The Hall–Kier alpha value is -0.840. The average molecular weight is 210 g/mol. The summed E-state index contributed by atoms with van der Waals surface area (Å²) in [6.45, 7) is 6.16. The lowest BCUT2D eigenvalue weighted by molar-refractivity contribution is -0.00708. The smallest absolute Gasteiger partial charge is 0.118 e. The summed E-state index contributed by atoms with van der Waals surface area (Å²) < 4.78 is 10.8. The van der Waals surface area contributed by atoms with Gasteiger partial charge in [0.05, 0.1) is 26.0 Å². The summed E-state index contributed by atoms with van der Waals surface area (Å²) in [6.07, 6.45) is 1.74. The van der Waals surface area contributed by atoms with Crippen LogP contribution in [0.4, 0.5) is 0 Å². The zero-order chi connectivity index (χ0) is 10.7. The molecule has 1 aliphatic heterocycles. The Morgan fingerprint density at radius 2 is 2.47 bits per heavy atom. The van der Waals surface area contributed by atoms with E-state index in [-0.39, 0.29) is 0 Å². The van der Waals surface area contributed by atoms with Crippen LogP contribution in [0.1, 0.15) is 18.2 Å². The minimum Gasteiger partial charge on any atom is -0.468 e. The van der Waals surface area contributed by atoms with Gasteiger partial charge in [-0.25, -0.2) is 0 Å². The van der Waals surface area contributed by atoms with Gasteiger partial charge in [0.1, 0.15) is 5.76 Å². The van der Waals surface area contributed by atoms with Gasteiger partial charge in [-0.2, -0.15) is 0 Å². The quantitative estimate of drug-likeness (QED) is 0.807.